The zero-order chi connectivity index (χ0) is 31.9. The molecule has 3 aromatic carbocycles. The highest BCUT2D eigenvalue weighted by molar-refractivity contribution is 5.94. The number of fused-ring (bicyclic) bond motifs is 9. The number of carbonyl (C=O) groups is 4. The maximum Gasteiger partial charge on any atom is 0.408 e. The quantitative estimate of drug-likeness (QED) is 0.362. The molecule has 11 heteroatoms. The lowest BCUT2D eigenvalue weighted by Gasteiger charge is -2.27. The highest BCUT2D eigenvalue weighted by Gasteiger charge is 2.33. The van der Waals surface area contributed by atoms with Crippen LogP contribution in [0, 0.1) is 0 Å². The molecule has 0 saturated carbocycles. The molecule has 0 spiro atoms. The average Bonchev–Trinajstić information content (AvgIpc) is 2.98. The van der Waals surface area contributed by atoms with Gasteiger partial charge in [-0.1, -0.05) is 48.5 Å². The lowest BCUT2D eigenvalue weighted by atomic mass is 10.0. The van der Waals surface area contributed by atoms with E-state index >= 15 is 0 Å². The summed E-state index contributed by atoms with van der Waals surface area (Å²) in [6.07, 6.45) is -0.709. The van der Waals surface area contributed by atoms with E-state index in [4.69, 9.17) is 18.9 Å². The maximum atomic E-state index is 13.9. The van der Waals surface area contributed by atoms with Crippen molar-refractivity contribution in [3.8, 4) is 17.2 Å². The first-order valence-corrected chi connectivity index (χ1v) is 14.2. The van der Waals surface area contributed by atoms with Crippen LogP contribution in [0.15, 0.2) is 72.8 Å². The monoisotopic (exact) mass is 603 g/mol. The molecule has 0 radical (unpaired) electrons. The van der Waals surface area contributed by atoms with E-state index in [-0.39, 0.29) is 13.0 Å². The van der Waals surface area contributed by atoms with Gasteiger partial charge in [0.05, 0.1) is 13.7 Å². The first-order valence-electron chi connectivity index (χ1n) is 14.2. The summed E-state index contributed by atoms with van der Waals surface area (Å²) in [5.74, 6) is -0.836. The number of ether oxygens (including phenoxy) is 4. The second kappa shape index (κ2) is 13.9. The van der Waals surface area contributed by atoms with Crippen LogP contribution in [0.4, 0.5) is 4.79 Å². The Morgan fingerprint density at radius 2 is 1.64 bits per heavy atom. The molecule has 3 amide bonds. The maximum absolute atomic E-state index is 13.9. The Labute approximate surface area is 256 Å². The molecule has 3 aromatic rings. The molecule has 2 aliphatic rings. The van der Waals surface area contributed by atoms with Gasteiger partial charge in [0.1, 0.15) is 23.4 Å². The molecule has 0 saturated heterocycles. The molecule has 232 valence electrons. The summed E-state index contributed by atoms with van der Waals surface area (Å²) in [6, 6.07) is 16.8. The molecule has 44 heavy (non-hydrogen) atoms. The van der Waals surface area contributed by atoms with Crippen LogP contribution in [-0.2, 0) is 30.3 Å². The van der Waals surface area contributed by atoms with Gasteiger partial charge in [0.25, 0.3) is 0 Å². The third-order valence-electron chi connectivity index (χ3n) is 6.61. The van der Waals surface area contributed by atoms with Crippen LogP contribution in [0.5, 0.6) is 17.2 Å². The number of methoxy groups -OCH3 is 1. The molecule has 0 aromatic heterocycles. The topological polar surface area (TPSA) is 141 Å². The fraction of sp³-hybridized carbons (Fsp3) is 0.333. The van der Waals surface area contributed by atoms with Crippen molar-refractivity contribution in [2.75, 3.05) is 13.7 Å². The molecule has 11 nitrogen and oxygen atoms in total. The number of benzene rings is 3. The second-order valence-corrected chi connectivity index (χ2v) is 11.1. The van der Waals surface area contributed by atoms with Gasteiger partial charge in [-0.05, 0) is 68.7 Å². The minimum Gasteiger partial charge on any atom is -0.493 e. The summed E-state index contributed by atoms with van der Waals surface area (Å²) in [6.45, 7) is 6.87. The van der Waals surface area contributed by atoms with Crippen molar-refractivity contribution >= 4 is 23.9 Å². The molecular weight excluding hydrogens is 566 g/mol. The molecular formula is C33H37N3O8. The van der Waals surface area contributed by atoms with E-state index in [1.807, 2.05) is 0 Å². The summed E-state index contributed by atoms with van der Waals surface area (Å²) in [7, 11) is 1.49. The zero-order valence-electron chi connectivity index (χ0n) is 25.3. The molecule has 2 aliphatic heterocycles. The van der Waals surface area contributed by atoms with Crippen LogP contribution in [0.1, 0.15) is 56.5 Å². The van der Waals surface area contributed by atoms with Gasteiger partial charge < -0.3 is 34.9 Å². The van der Waals surface area contributed by atoms with Crippen molar-refractivity contribution in [3.63, 3.8) is 0 Å². The Morgan fingerprint density at radius 1 is 0.932 bits per heavy atom. The number of amides is 3. The fourth-order valence-electron chi connectivity index (χ4n) is 4.59. The van der Waals surface area contributed by atoms with Gasteiger partial charge in [0, 0.05) is 6.42 Å². The van der Waals surface area contributed by atoms with Crippen LogP contribution < -0.4 is 25.4 Å². The van der Waals surface area contributed by atoms with Crippen molar-refractivity contribution in [3.05, 3.63) is 89.5 Å². The molecule has 0 unspecified atom stereocenters. The Balaban J connectivity index is 1.81. The van der Waals surface area contributed by atoms with E-state index in [1.54, 1.807) is 100 Å². The molecule has 4 bridgehead atoms. The third kappa shape index (κ3) is 8.27. The Kier molecular flexibility index (Phi) is 10.1. The summed E-state index contributed by atoms with van der Waals surface area (Å²) < 4.78 is 22.3. The first kappa shape index (κ1) is 31.9. The van der Waals surface area contributed by atoms with Crippen LogP contribution in [-0.4, -0.2) is 49.2 Å². The van der Waals surface area contributed by atoms with Crippen molar-refractivity contribution < 1.29 is 38.1 Å². The number of rotatable bonds is 5. The van der Waals surface area contributed by atoms with Crippen LogP contribution in [0.25, 0.3) is 0 Å². The Bertz CT molecular complexity index is 1490. The van der Waals surface area contributed by atoms with Gasteiger partial charge in [0.2, 0.25) is 11.8 Å². The normalized spacial score (nSPS) is 18.7. The average molecular weight is 604 g/mol. The first-order chi connectivity index (χ1) is 21.0. The summed E-state index contributed by atoms with van der Waals surface area (Å²) in [5.41, 5.74) is 0.744. The molecule has 3 N–H and O–H groups in total. The smallest absolute Gasteiger partial charge is 0.408 e. The van der Waals surface area contributed by atoms with Gasteiger partial charge in [-0.25, -0.2) is 9.59 Å². The fourth-order valence-corrected chi connectivity index (χ4v) is 4.59. The lowest BCUT2D eigenvalue weighted by Crippen LogP contribution is -2.52. The van der Waals surface area contributed by atoms with Gasteiger partial charge in [-0.2, -0.15) is 0 Å². The number of nitrogens with one attached hydrogen (secondary N) is 3. The van der Waals surface area contributed by atoms with Crippen LogP contribution >= 0.6 is 0 Å². The number of alkyl carbamates (subject to hydrolysis) is 1. The summed E-state index contributed by atoms with van der Waals surface area (Å²) in [5, 5.41) is 8.15. The van der Waals surface area contributed by atoms with Crippen molar-refractivity contribution in [1.82, 2.24) is 16.0 Å². The predicted octanol–water partition coefficient (Wildman–Crippen LogP) is 4.51. The third-order valence-corrected chi connectivity index (χ3v) is 6.61. The van der Waals surface area contributed by atoms with Crippen LogP contribution in [0.3, 0.4) is 0 Å². The SMILES string of the molecule is CCOC(=O)[C@@H]1NC(=O)[C@H](c2ccccc2)NC(=O)[C@@H](NC(=O)OC(C)(C)C)Cc2ccc(cc2)Oc2cc1ccc2OC. The van der Waals surface area contributed by atoms with Gasteiger partial charge in [-0.15, -0.1) is 0 Å². The summed E-state index contributed by atoms with van der Waals surface area (Å²) in [4.78, 5) is 53.6. The number of hydrogen-bond donors (Lipinski definition) is 3. The van der Waals surface area contributed by atoms with Crippen LogP contribution in [0.2, 0.25) is 0 Å². The van der Waals surface area contributed by atoms with Gasteiger partial charge in [-0.3, -0.25) is 9.59 Å². The van der Waals surface area contributed by atoms with E-state index < -0.39 is 47.6 Å². The highest BCUT2D eigenvalue weighted by atomic mass is 16.6. The van der Waals surface area contributed by atoms with Crippen molar-refractivity contribution in [1.29, 1.82) is 0 Å². The van der Waals surface area contributed by atoms with E-state index in [0.29, 0.717) is 33.9 Å². The zero-order valence-corrected chi connectivity index (χ0v) is 25.3. The Morgan fingerprint density at radius 3 is 2.27 bits per heavy atom. The summed E-state index contributed by atoms with van der Waals surface area (Å²) >= 11 is 0. The van der Waals surface area contributed by atoms with E-state index in [2.05, 4.69) is 16.0 Å². The number of hydrogen-bond acceptors (Lipinski definition) is 8. The minimum atomic E-state index is -1.25. The predicted molar refractivity (Wildman–Crippen MR) is 161 cm³/mol. The largest absolute Gasteiger partial charge is 0.493 e. The van der Waals surface area contributed by atoms with Crippen molar-refractivity contribution in [2.45, 2.75) is 57.8 Å². The van der Waals surface area contributed by atoms with E-state index in [1.165, 1.54) is 7.11 Å². The minimum absolute atomic E-state index is 0.0773. The highest BCUT2D eigenvalue weighted by Crippen LogP contribution is 2.35. The number of esters is 1. The lowest BCUT2D eigenvalue weighted by molar-refractivity contribution is -0.148. The standard InChI is InChI=1S/C33H37N3O8/c1-6-42-31(39)28-22-14-17-25(41-5)26(19-22)43-23-15-12-20(13-16-23)18-24(34-32(40)44-33(2,3)4)29(37)35-27(30(38)36-28)21-10-8-7-9-11-21/h7-17,19,24,27-28H,6,18H2,1-5H3,(H,34,40)(H,35,37)(H,36,38)/t24-,27-,28+/m0/s1. The Hall–Kier alpha value is -5.06. The van der Waals surface area contributed by atoms with E-state index in [9.17, 15) is 19.2 Å². The van der Waals surface area contributed by atoms with E-state index in [0.717, 1.165) is 0 Å². The molecule has 2 heterocycles. The molecule has 0 fully saturated rings. The number of carbonyl (C=O) groups excluding carboxylic acids is 4. The second-order valence-electron chi connectivity index (χ2n) is 11.1. The molecule has 0 aliphatic carbocycles. The molecule has 3 atom stereocenters. The van der Waals surface area contributed by atoms with Gasteiger partial charge in [0.15, 0.2) is 17.5 Å². The van der Waals surface area contributed by atoms with Gasteiger partial charge >= 0.3 is 12.1 Å². The van der Waals surface area contributed by atoms with Crippen molar-refractivity contribution in [2.24, 2.45) is 0 Å². The molecule has 5 rings (SSSR count).